The summed E-state index contributed by atoms with van der Waals surface area (Å²) in [5.74, 6) is -0.319. The van der Waals surface area contributed by atoms with Crippen LogP contribution >= 0.6 is 0 Å². The Hall–Kier alpha value is -2.72. The number of hydrogen-bond acceptors (Lipinski definition) is 2. The Labute approximate surface area is 151 Å². The van der Waals surface area contributed by atoms with Gasteiger partial charge in [-0.3, -0.25) is 4.79 Å². The average Bonchev–Trinajstić information content (AvgIpc) is 3.47. The van der Waals surface area contributed by atoms with Crippen LogP contribution in [0.3, 0.4) is 0 Å². The second kappa shape index (κ2) is 6.89. The van der Waals surface area contributed by atoms with Crippen LogP contribution in [-0.4, -0.2) is 17.6 Å². The van der Waals surface area contributed by atoms with Crippen LogP contribution in [0.1, 0.15) is 29.5 Å². The maximum absolute atomic E-state index is 13.0. The third kappa shape index (κ3) is 3.33. The lowest BCUT2D eigenvalue weighted by Gasteiger charge is -2.17. The molecule has 0 aliphatic heterocycles. The van der Waals surface area contributed by atoms with E-state index in [9.17, 15) is 14.3 Å². The topological polar surface area (TPSA) is 49.3 Å². The van der Waals surface area contributed by atoms with Gasteiger partial charge >= 0.3 is 0 Å². The number of hydrogen-bond donors (Lipinski definition) is 2. The molecule has 0 radical (unpaired) electrons. The van der Waals surface area contributed by atoms with Gasteiger partial charge in [0.2, 0.25) is 5.91 Å². The molecule has 0 saturated heterocycles. The fraction of sp³-hybridized carbons (Fsp3) is 0.227. The Kier molecular flexibility index (Phi) is 4.43. The summed E-state index contributed by atoms with van der Waals surface area (Å²) in [6.07, 6.45) is 0.757. The number of aliphatic hydroxyl groups excluding tert-OH is 1. The monoisotopic (exact) mass is 349 g/mol. The molecule has 0 aromatic heterocycles. The number of rotatable bonds is 5. The normalized spacial score (nSPS) is 19.9. The standard InChI is InChI=1S/C22H20FNO2/c23-18-9-7-15(8-10-18)19-12-20(19)22(26)24-21(13-25)17-6-5-14-3-1-2-4-16(14)11-17/h1-11,19-21,25H,12-13H2,(H,24,26). The third-order valence-corrected chi connectivity index (χ3v) is 5.10. The van der Waals surface area contributed by atoms with Crippen molar-refractivity contribution in [1.29, 1.82) is 0 Å². The van der Waals surface area contributed by atoms with Crippen LogP contribution in [-0.2, 0) is 4.79 Å². The maximum Gasteiger partial charge on any atom is 0.224 e. The first kappa shape index (κ1) is 16.7. The molecule has 4 heteroatoms. The van der Waals surface area contributed by atoms with Crippen LogP contribution in [0.2, 0.25) is 0 Å². The van der Waals surface area contributed by atoms with Crippen molar-refractivity contribution in [3.05, 3.63) is 83.7 Å². The van der Waals surface area contributed by atoms with Crippen molar-refractivity contribution < 1.29 is 14.3 Å². The van der Waals surface area contributed by atoms with Gasteiger partial charge in [-0.15, -0.1) is 0 Å². The van der Waals surface area contributed by atoms with Gasteiger partial charge in [-0.2, -0.15) is 0 Å². The molecule has 3 nitrogen and oxygen atoms in total. The molecule has 3 aromatic carbocycles. The Morgan fingerprint density at radius 1 is 1.08 bits per heavy atom. The highest BCUT2D eigenvalue weighted by Crippen LogP contribution is 2.47. The zero-order chi connectivity index (χ0) is 18.1. The third-order valence-electron chi connectivity index (χ3n) is 5.10. The molecule has 26 heavy (non-hydrogen) atoms. The van der Waals surface area contributed by atoms with E-state index in [-0.39, 0.29) is 30.2 Å². The van der Waals surface area contributed by atoms with Crippen LogP contribution in [0.5, 0.6) is 0 Å². The minimum atomic E-state index is -0.429. The van der Waals surface area contributed by atoms with E-state index < -0.39 is 6.04 Å². The number of amides is 1. The van der Waals surface area contributed by atoms with E-state index in [0.717, 1.165) is 28.3 Å². The molecule has 1 saturated carbocycles. The largest absolute Gasteiger partial charge is 0.394 e. The minimum Gasteiger partial charge on any atom is -0.394 e. The number of carbonyl (C=O) groups excluding carboxylic acids is 1. The highest BCUT2D eigenvalue weighted by atomic mass is 19.1. The summed E-state index contributed by atoms with van der Waals surface area (Å²) in [5, 5.41) is 14.9. The first-order chi connectivity index (χ1) is 12.7. The Morgan fingerprint density at radius 3 is 2.54 bits per heavy atom. The molecule has 132 valence electrons. The molecule has 1 aliphatic rings. The lowest BCUT2D eigenvalue weighted by Crippen LogP contribution is -2.32. The molecule has 1 fully saturated rings. The van der Waals surface area contributed by atoms with Crippen LogP contribution in [0.15, 0.2) is 66.7 Å². The Balaban J connectivity index is 1.46. The van der Waals surface area contributed by atoms with E-state index in [2.05, 4.69) is 5.32 Å². The molecular formula is C22H20FNO2. The summed E-state index contributed by atoms with van der Waals surface area (Å²) in [7, 11) is 0. The van der Waals surface area contributed by atoms with Crippen molar-refractivity contribution >= 4 is 16.7 Å². The van der Waals surface area contributed by atoms with Crippen LogP contribution in [0.4, 0.5) is 4.39 Å². The summed E-state index contributed by atoms with van der Waals surface area (Å²) in [6, 6.07) is 19.8. The van der Waals surface area contributed by atoms with Gasteiger partial charge < -0.3 is 10.4 Å². The Morgan fingerprint density at radius 2 is 1.81 bits per heavy atom. The van der Waals surface area contributed by atoms with Crippen molar-refractivity contribution in [2.45, 2.75) is 18.4 Å². The lowest BCUT2D eigenvalue weighted by molar-refractivity contribution is -0.123. The van der Waals surface area contributed by atoms with E-state index in [0.29, 0.717) is 0 Å². The molecule has 1 aliphatic carbocycles. The van der Waals surface area contributed by atoms with Crippen molar-refractivity contribution in [3.8, 4) is 0 Å². The highest BCUT2D eigenvalue weighted by Gasteiger charge is 2.44. The summed E-state index contributed by atoms with van der Waals surface area (Å²) < 4.78 is 13.0. The van der Waals surface area contributed by atoms with Gasteiger partial charge in [0.05, 0.1) is 12.6 Å². The highest BCUT2D eigenvalue weighted by molar-refractivity contribution is 5.85. The predicted molar refractivity (Wildman–Crippen MR) is 99.2 cm³/mol. The van der Waals surface area contributed by atoms with Crippen molar-refractivity contribution in [1.82, 2.24) is 5.32 Å². The zero-order valence-corrected chi connectivity index (χ0v) is 14.2. The van der Waals surface area contributed by atoms with Gasteiger partial charge in [-0.1, -0.05) is 48.5 Å². The van der Waals surface area contributed by atoms with Gasteiger partial charge in [0.25, 0.3) is 0 Å². The van der Waals surface area contributed by atoms with Crippen LogP contribution < -0.4 is 5.32 Å². The number of fused-ring (bicyclic) bond motifs is 1. The molecule has 1 amide bonds. The van der Waals surface area contributed by atoms with Crippen molar-refractivity contribution in [3.63, 3.8) is 0 Å². The van der Waals surface area contributed by atoms with E-state index >= 15 is 0 Å². The fourth-order valence-electron chi connectivity index (χ4n) is 3.50. The number of carbonyl (C=O) groups is 1. The summed E-state index contributed by atoms with van der Waals surface area (Å²) in [5.41, 5.74) is 1.87. The smallest absolute Gasteiger partial charge is 0.224 e. The average molecular weight is 349 g/mol. The van der Waals surface area contributed by atoms with Crippen molar-refractivity contribution in [2.75, 3.05) is 6.61 Å². The predicted octanol–water partition coefficient (Wildman–Crippen LogP) is 3.93. The molecule has 3 atom stereocenters. The molecule has 2 N–H and O–H groups in total. The molecule has 4 rings (SSSR count). The van der Waals surface area contributed by atoms with E-state index in [1.54, 1.807) is 12.1 Å². The Bertz CT molecular complexity index is 938. The summed E-state index contributed by atoms with van der Waals surface area (Å²) in [6.45, 7) is -0.155. The number of nitrogens with one attached hydrogen (secondary N) is 1. The zero-order valence-electron chi connectivity index (χ0n) is 14.2. The molecule has 3 aromatic rings. The second-order valence-corrected chi connectivity index (χ2v) is 6.85. The van der Waals surface area contributed by atoms with Gasteiger partial charge in [-0.05, 0) is 52.4 Å². The molecule has 0 heterocycles. The van der Waals surface area contributed by atoms with Gasteiger partial charge in [-0.25, -0.2) is 4.39 Å². The lowest BCUT2D eigenvalue weighted by atomic mass is 10.0. The van der Waals surface area contributed by atoms with E-state index in [1.165, 1.54) is 12.1 Å². The number of benzene rings is 3. The second-order valence-electron chi connectivity index (χ2n) is 6.85. The first-order valence-corrected chi connectivity index (χ1v) is 8.81. The number of halogens is 1. The maximum atomic E-state index is 13.0. The van der Waals surface area contributed by atoms with Crippen molar-refractivity contribution in [2.24, 2.45) is 5.92 Å². The number of aliphatic hydroxyl groups is 1. The van der Waals surface area contributed by atoms with Crippen LogP contribution in [0, 0.1) is 11.7 Å². The van der Waals surface area contributed by atoms with Gasteiger partial charge in [0.1, 0.15) is 5.82 Å². The molecule has 3 unspecified atom stereocenters. The molecule has 0 bridgehead atoms. The van der Waals surface area contributed by atoms with E-state index in [1.807, 2.05) is 42.5 Å². The van der Waals surface area contributed by atoms with Gasteiger partial charge in [0, 0.05) is 5.92 Å². The van der Waals surface area contributed by atoms with Crippen LogP contribution in [0.25, 0.3) is 10.8 Å². The summed E-state index contributed by atoms with van der Waals surface area (Å²) in [4.78, 5) is 12.6. The minimum absolute atomic E-state index is 0.0634. The summed E-state index contributed by atoms with van der Waals surface area (Å²) >= 11 is 0. The quantitative estimate of drug-likeness (QED) is 0.733. The molecule has 0 spiro atoms. The van der Waals surface area contributed by atoms with Gasteiger partial charge in [0.15, 0.2) is 0 Å². The SMILES string of the molecule is O=C(NC(CO)c1ccc2ccccc2c1)C1CC1c1ccc(F)cc1. The molecular weight excluding hydrogens is 329 g/mol. The fourth-order valence-corrected chi connectivity index (χ4v) is 3.50. The first-order valence-electron chi connectivity index (χ1n) is 8.81. The van der Waals surface area contributed by atoms with E-state index in [4.69, 9.17) is 0 Å².